The van der Waals surface area contributed by atoms with Gasteiger partial charge in [0.25, 0.3) is 0 Å². The summed E-state index contributed by atoms with van der Waals surface area (Å²) in [6.45, 7) is 0.964. The number of benzene rings is 2. The molecule has 0 aliphatic carbocycles. The van der Waals surface area contributed by atoms with E-state index in [4.69, 9.17) is 0 Å². The van der Waals surface area contributed by atoms with Crippen molar-refractivity contribution in [2.24, 2.45) is 0 Å². The molecule has 0 bridgehead atoms. The molecule has 0 spiro atoms. The van der Waals surface area contributed by atoms with Crippen molar-refractivity contribution >= 4 is 11.8 Å². The number of amides is 2. The van der Waals surface area contributed by atoms with E-state index >= 15 is 0 Å². The SMILES string of the molecule is CC(C)NC(=O)CN(C)CC(=O)N[C@H](c1ccccc1)c1ccc(OC(F)F)cc1. The minimum atomic E-state index is -2.90. The van der Waals surface area contributed by atoms with Gasteiger partial charge in [-0.3, -0.25) is 14.5 Å². The molecule has 2 N–H and O–H groups in total. The fourth-order valence-electron chi connectivity index (χ4n) is 2.97. The second-order valence-corrected chi connectivity index (χ2v) is 7.25. The molecule has 30 heavy (non-hydrogen) atoms. The van der Waals surface area contributed by atoms with E-state index in [2.05, 4.69) is 15.4 Å². The van der Waals surface area contributed by atoms with E-state index in [9.17, 15) is 18.4 Å². The summed E-state index contributed by atoms with van der Waals surface area (Å²) in [5.74, 6) is -0.381. The van der Waals surface area contributed by atoms with Crippen molar-refractivity contribution in [1.29, 1.82) is 0 Å². The smallest absolute Gasteiger partial charge is 0.387 e. The van der Waals surface area contributed by atoms with Gasteiger partial charge in [-0.05, 0) is 44.2 Å². The summed E-state index contributed by atoms with van der Waals surface area (Å²) >= 11 is 0. The quantitative estimate of drug-likeness (QED) is 0.621. The average Bonchev–Trinajstić information content (AvgIpc) is 2.66. The summed E-state index contributed by atoms with van der Waals surface area (Å²) in [6, 6.07) is 15.0. The fourth-order valence-corrected chi connectivity index (χ4v) is 2.97. The van der Waals surface area contributed by atoms with Crippen molar-refractivity contribution in [3.05, 3.63) is 65.7 Å². The Morgan fingerprint density at radius 3 is 1.97 bits per heavy atom. The molecule has 2 amide bonds. The zero-order valence-corrected chi connectivity index (χ0v) is 17.3. The number of rotatable bonds is 10. The Labute approximate surface area is 175 Å². The summed E-state index contributed by atoms with van der Waals surface area (Å²) in [4.78, 5) is 26.1. The molecule has 2 aromatic carbocycles. The standard InChI is InChI=1S/C22H27F2N3O3/c1-15(2)25-19(28)13-27(3)14-20(29)26-21(16-7-5-4-6-8-16)17-9-11-18(12-10-17)30-22(23)24/h4-12,15,21-22H,13-14H2,1-3H3,(H,25,28)(H,26,29)/t21-/m1/s1. The molecule has 0 saturated carbocycles. The highest BCUT2D eigenvalue weighted by Crippen LogP contribution is 2.24. The molecule has 1 atom stereocenters. The lowest BCUT2D eigenvalue weighted by Crippen LogP contribution is -2.43. The second-order valence-electron chi connectivity index (χ2n) is 7.25. The predicted molar refractivity (Wildman–Crippen MR) is 110 cm³/mol. The molecule has 0 fully saturated rings. The Morgan fingerprint density at radius 1 is 0.900 bits per heavy atom. The Balaban J connectivity index is 2.09. The van der Waals surface area contributed by atoms with Crippen LogP contribution in [-0.2, 0) is 9.59 Å². The van der Waals surface area contributed by atoms with Crippen LogP contribution in [0.1, 0.15) is 31.0 Å². The number of nitrogens with one attached hydrogen (secondary N) is 2. The number of likely N-dealkylation sites (N-methyl/N-ethyl adjacent to an activating group) is 1. The number of alkyl halides is 2. The minimum absolute atomic E-state index is 0.0270. The van der Waals surface area contributed by atoms with Crippen molar-refractivity contribution in [1.82, 2.24) is 15.5 Å². The highest BCUT2D eigenvalue weighted by molar-refractivity contribution is 5.81. The average molecular weight is 419 g/mol. The second kappa shape index (κ2) is 11.3. The summed E-state index contributed by atoms with van der Waals surface area (Å²) < 4.78 is 29.2. The molecule has 0 aliphatic heterocycles. The molecular weight excluding hydrogens is 392 g/mol. The van der Waals surface area contributed by atoms with E-state index in [1.807, 2.05) is 44.2 Å². The van der Waals surface area contributed by atoms with Crippen LogP contribution < -0.4 is 15.4 Å². The van der Waals surface area contributed by atoms with Crippen LogP contribution in [0, 0.1) is 0 Å². The maximum absolute atomic E-state index is 12.6. The number of hydrogen-bond acceptors (Lipinski definition) is 4. The molecule has 162 valence electrons. The van der Waals surface area contributed by atoms with Crippen LogP contribution in [0.2, 0.25) is 0 Å². The molecule has 0 aliphatic rings. The Kier molecular flexibility index (Phi) is 8.73. The molecule has 0 saturated heterocycles. The molecule has 0 aromatic heterocycles. The first-order chi connectivity index (χ1) is 14.2. The summed E-state index contributed by atoms with van der Waals surface area (Å²) in [5.41, 5.74) is 1.56. The number of carbonyl (C=O) groups is 2. The van der Waals surface area contributed by atoms with Crippen LogP contribution in [0.5, 0.6) is 5.75 Å². The maximum Gasteiger partial charge on any atom is 0.387 e. The van der Waals surface area contributed by atoms with Gasteiger partial charge in [-0.25, -0.2) is 0 Å². The summed E-state index contributed by atoms with van der Waals surface area (Å²) in [6.07, 6.45) is 0. The van der Waals surface area contributed by atoms with Gasteiger partial charge in [-0.15, -0.1) is 0 Å². The van der Waals surface area contributed by atoms with E-state index in [0.717, 1.165) is 11.1 Å². The van der Waals surface area contributed by atoms with Crippen LogP contribution in [0.4, 0.5) is 8.78 Å². The van der Waals surface area contributed by atoms with Gasteiger partial charge >= 0.3 is 6.61 Å². The Bertz CT molecular complexity index is 814. The lowest BCUT2D eigenvalue weighted by Gasteiger charge is -2.22. The van der Waals surface area contributed by atoms with Crippen LogP contribution in [0.3, 0.4) is 0 Å². The minimum Gasteiger partial charge on any atom is -0.435 e. The van der Waals surface area contributed by atoms with Crippen molar-refractivity contribution in [3.8, 4) is 5.75 Å². The van der Waals surface area contributed by atoms with Gasteiger partial charge in [0.05, 0.1) is 19.1 Å². The third kappa shape index (κ3) is 7.79. The van der Waals surface area contributed by atoms with Crippen molar-refractivity contribution in [3.63, 3.8) is 0 Å². The van der Waals surface area contributed by atoms with Gasteiger partial charge in [-0.2, -0.15) is 8.78 Å². The van der Waals surface area contributed by atoms with Gasteiger partial charge in [0.1, 0.15) is 5.75 Å². The lowest BCUT2D eigenvalue weighted by molar-refractivity contribution is -0.125. The number of ether oxygens (including phenoxy) is 1. The number of hydrogen-bond donors (Lipinski definition) is 2. The third-order valence-corrected chi connectivity index (χ3v) is 4.15. The van der Waals surface area contributed by atoms with Gasteiger partial charge in [-0.1, -0.05) is 42.5 Å². The molecule has 6 nitrogen and oxygen atoms in total. The maximum atomic E-state index is 12.6. The van der Waals surface area contributed by atoms with Gasteiger partial charge < -0.3 is 15.4 Å². The van der Waals surface area contributed by atoms with Gasteiger partial charge in [0, 0.05) is 6.04 Å². The van der Waals surface area contributed by atoms with Crippen molar-refractivity contribution in [2.45, 2.75) is 32.5 Å². The first-order valence-electron chi connectivity index (χ1n) is 9.61. The van der Waals surface area contributed by atoms with E-state index in [-0.39, 0.29) is 36.7 Å². The summed E-state index contributed by atoms with van der Waals surface area (Å²) in [5, 5.41) is 5.73. The summed E-state index contributed by atoms with van der Waals surface area (Å²) in [7, 11) is 1.69. The third-order valence-electron chi connectivity index (χ3n) is 4.15. The van der Waals surface area contributed by atoms with Gasteiger partial charge in [0.15, 0.2) is 0 Å². The number of nitrogens with zero attached hydrogens (tertiary/aromatic N) is 1. The van der Waals surface area contributed by atoms with Crippen molar-refractivity contribution in [2.75, 3.05) is 20.1 Å². The largest absolute Gasteiger partial charge is 0.435 e. The first-order valence-corrected chi connectivity index (χ1v) is 9.61. The zero-order chi connectivity index (χ0) is 22.1. The predicted octanol–water partition coefficient (Wildman–Crippen LogP) is 2.95. The highest BCUT2D eigenvalue weighted by atomic mass is 19.3. The molecular formula is C22H27F2N3O3. The van der Waals surface area contributed by atoms with E-state index in [1.165, 1.54) is 12.1 Å². The zero-order valence-electron chi connectivity index (χ0n) is 17.3. The molecule has 0 heterocycles. The molecule has 2 rings (SSSR count). The monoisotopic (exact) mass is 419 g/mol. The lowest BCUT2D eigenvalue weighted by atomic mass is 9.98. The fraction of sp³-hybridized carbons (Fsp3) is 0.364. The molecule has 2 aromatic rings. The van der Waals surface area contributed by atoms with E-state index < -0.39 is 12.7 Å². The van der Waals surface area contributed by atoms with Crippen LogP contribution in [0.25, 0.3) is 0 Å². The topological polar surface area (TPSA) is 70.7 Å². The number of halogens is 2. The normalized spacial score (nSPS) is 12.1. The van der Waals surface area contributed by atoms with Crippen molar-refractivity contribution < 1.29 is 23.1 Å². The van der Waals surface area contributed by atoms with Gasteiger partial charge in [0.2, 0.25) is 11.8 Å². The van der Waals surface area contributed by atoms with Crippen LogP contribution in [-0.4, -0.2) is 49.5 Å². The van der Waals surface area contributed by atoms with E-state index in [0.29, 0.717) is 0 Å². The highest BCUT2D eigenvalue weighted by Gasteiger charge is 2.19. The molecule has 8 heteroatoms. The molecule has 0 radical (unpaired) electrons. The first kappa shape index (κ1) is 23.3. The Hall–Kier alpha value is -3.00. The van der Waals surface area contributed by atoms with Crippen LogP contribution in [0.15, 0.2) is 54.6 Å². The Morgan fingerprint density at radius 2 is 1.43 bits per heavy atom. The molecule has 0 unspecified atom stereocenters. The van der Waals surface area contributed by atoms with E-state index in [1.54, 1.807) is 24.1 Å². The number of carbonyl (C=O) groups excluding carboxylic acids is 2. The van der Waals surface area contributed by atoms with Crippen LogP contribution >= 0.6 is 0 Å².